The predicted molar refractivity (Wildman–Crippen MR) is 72.4 cm³/mol. The Balaban J connectivity index is 2.07. The number of ether oxygens (including phenoxy) is 1. The van der Waals surface area contributed by atoms with E-state index in [1.54, 1.807) is 18.2 Å². The molecule has 22 heavy (non-hydrogen) atoms. The average molecular weight is 308 g/mol. The largest absolute Gasteiger partial charge is 0.492 e. The molecule has 0 bridgehead atoms. The molecule has 2 aromatic rings. The van der Waals surface area contributed by atoms with Gasteiger partial charge in [-0.2, -0.15) is 18.4 Å². The molecule has 0 radical (unpaired) electrons. The number of benzene rings is 1. The van der Waals surface area contributed by atoms with Crippen LogP contribution in [-0.2, 0) is 12.7 Å². The number of nitriles is 1. The molecule has 0 fully saturated rings. The molecule has 1 aromatic carbocycles. The third-order valence-corrected chi connectivity index (χ3v) is 2.89. The molecule has 114 valence electrons. The van der Waals surface area contributed by atoms with Crippen molar-refractivity contribution in [3.63, 3.8) is 0 Å². The van der Waals surface area contributed by atoms with Crippen molar-refractivity contribution in [3.05, 3.63) is 64.1 Å². The van der Waals surface area contributed by atoms with Gasteiger partial charge in [-0.05, 0) is 30.3 Å². The first-order valence-corrected chi connectivity index (χ1v) is 6.31. The first-order valence-electron chi connectivity index (χ1n) is 6.31. The number of hydrogen-bond donors (Lipinski definition) is 0. The number of pyridine rings is 1. The van der Waals surface area contributed by atoms with Crippen molar-refractivity contribution in [3.8, 4) is 11.8 Å². The Kier molecular flexibility index (Phi) is 4.51. The Morgan fingerprint density at radius 2 is 2.00 bits per heavy atom. The third kappa shape index (κ3) is 3.67. The molecule has 0 aliphatic carbocycles. The third-order valence-electron chi connectivity index (χ3n) is 2.89. The van der Waals surface area contributed by atoms with Crippen LogP contribution < -0.4 is 10.3 Å². The number of halogens is 3. The topological polar surface area (TPSA) is 55.0 Å². The Hall–Kier alpha value is -2.75. The summed E-state index contributed by atoms with van der Waals surface area (Å²) < 4.78 is 44.2. The summed E-state index contributed by atoms with van der Waals surface area (Å²) in [5.41, 5.74) is -1.90. The van der Waals surface area contributed by atoms with Gasteiger partial charge in [0.05, 0.1) is 18.2 Å². The van der Waals surface area contributed by atoms with Gasteiger partial charge in [-0.15, -0.1) is 0 Å². The maximum absolute atomic E-state index is 12.6. The van der Waals surface area contributed by atoms with E-state index in [0.717, 1.165) is 10.6 Å². The minimum Gasteiger partial charge on any atom is -0.492 e. The maximum Gasteiger partial charge on any atom is 0.421 e. The van der Waals surface area contributed by atoms with E-state index in [-0.39, 0.29) is 13.2 Å². The van der Waals surface area contributed by atoms with Crippen LogP contribution in [0.5, 0.6) is 5.75 Å². The second-order valence-electron chi connectivity index (χ2n) is 4.41. The molecular weight excluding hydrogens is 297 g/mol. The van der Waals surface area contributed by atoms with Crippen molar-refractivity contribution in [2.24, 2.45) is 0 Å². The lowest BCUT2D eigenvalue weighted by molar-refractivity contribution is -0.139. The van der Waals surface area contributed by atoms with Gasteiger partial charge in [0.25, 0.3) is 5.56 Å². The van der Waals surface area contributed by atoms with Gasteiger partial charge in [0.2, 0.25) is 0 Å². The molecule has 0 atom stereocenters. The van der Waals surface area contributed by atoms with E-state index in [2.05, 4.69) is 0 Å². The number of hydrogen-bond acceptors (Lipinski definition) is 3. The van der Waals surface area contributed by atoms with E-state index in [4.69, 9.17) is 10.00 Å². The molecule has 0 unspecified atom stereocenters. The molecule has 0 aliphatic heterocycles. The lowest BCUT2D eigenvalue weighted by Crippen LogP contribution is -2.29. The Morgan fingerprint density at radius 3 is 2.68 bits per heavy atom. The summed E-state index contributed by atoms with van der Waals surface area (Å²) in [4.78, 5) is 11.7. The summed E-state index contributed by atoms with van der Waals surface area (Å²) in [6, 6.07) is 10.2. The van der Waals surface area contributed by atoms with Gasteiger partial charge in [0, 0.05) is 6.20 Å². The van der Waals surface area contributed by atoms with Crippen LogP contribution in [0.3, 0.4) is 0 Å². The fraction of sp³-hybridized carbons (Fsp3) is 0.200. The minimum atomic E-state index is -4.68. The van der Waals surface area contributed by atoms with E-state index in [0.29, 0.717) is 11.3 Å². The molecule has 2 rings (SSSR count). The summed E-state index contributed by atoms with van der Waals surface area (Å²) in [5, 5.41) is 8.75. The zero-order chi connectivity index (χ0) is 16.2. The molecule has 4 nitrogen and oxygen atoms in total. The van der Waals surface area contributed by atoms with Gasteiger partial charge in [-0.1, -0.05) is 6.07 Å². The monoisotopic (exact) mass is 308 g/mol. The molecule has 0 N–H and O–H groups in total. The molecular formula is C15H11F3N2O2. The molecule has 0 saturated carbocycles. The van der Waals surface area contributed by atoms with Gasteiger partial charge in [0.1, 0.15) is 17.9 Å². The molecule has 7 heteroatoms. The van der Waals surface area contributed by atoms with E-state index in [9.17, 15) is 18.0 Å². The average Bonchev–Trinajstić information content (AvgIpc) is 2.48. The molecule has 1 heterocycles. The summed E-state index contributed by atoms with van der Waals surface area (Å²) in [5.74, 6) is 0.416. The second-order valence-corrected chi connectivity index (χ2v) is 4.41. The van der Waals surface area contributed by atoms with Crippen LogP contribution in [-0.4, -0.2) is 11.2 Å². The molecule has 0 aliphatic rings. The Bertz CT molecular complexity index is 760. The first kappa shape index (κ1) is 15.6. The standard InChI is InChI=1S/C15H11F3N2O2/c16-15(17,18)13-5-2-6-20(14(13)21)7-8-22-12-4-1-3-11(9-12)10-19/h1-6,9H,7-8H2. The second kappa shape index (κ2) is 6.35. The first-order chi connectivity index (χ1) is 10.4. The van der Waals surface area contributed by atoms with Gasteiger partial charge in [-0.3, -0.25) is 4.79 Å². The van der Waals surface area contributed by atoms with Crippen LogP contribution >= 0.6 is 0 Å². The fourth-order valence-electron chi connectivity index (χ4n) is 1.85. The van der Waals surface area contributed by atoms with Crippen LogP contribution in [0.1, 0.15) is 11.1 Å². The van der Waals surface area contributed by atoms with Gasteiger partial charge in [-0.25, -0.2) is 0 Å². The highest BCUT2D eigenvalue weighted by molar-refractivity contribution is 5.36. The lowest BCUT2D eigenvalue weighted by Gasteiger charge is -2.11. The highest BCUT2D eigenvalue weighted by Gasteiger charge is 2.34. The lowest BCUT2D eigenvalue weighted by atomic mass is 10.2. The SMILES string of the molecule is N#Cc1cccc(OCCn2cccc(C(F)(F)F)c2=O)c1. The molecule has 1 aromatic heterocycles. The van der Waals surface area contributed by atoms with Gasteiger partial charge < -0.3 is 9.30 Å². The normalized spacial score (nSPS) is 11.0. The van der Waals surface area contributed by atoms with Crippen molar-refractivity contribution in [1.29, 1.82) is 5.26 Å². The summed E-state index contributed by atoms with van der Waals surface area (Å²) >= 11 is 0. The quantitative estimate of drug-likeness (QED) is 0.872. The fourth-order valence-corrected chi connectivity index (χ4v) is 1.85. The number of aromatic nitrogens is 1. The van der Waals surface area contributed by atoms with Crippen molar-refractivity contribution in [2.75, 3.05) is 6.61 Å². The van der Waals surface area contributed by atoms with Crippen molar-refractivity contribution in [1.82, 2.24) is 4.57 Å². The Labute approximate surface area is 124 Å². The predicted octanol–water partition coefficient (Wildman–Crippen LogP) is 2.82. The van der Waals surface area contributed by atoms with E-state index < -0.39 is 17.3 Å². The smallest absolute Gasteiger partial charge is 0.421 e. The summed E-state index contributed by atoms with van der Waals surface area (Å²) in [6.07, 6.45) is -3.41. The zero-order valence-electron chi connectivity index (χ0n) is 11.3. The summed E-state index contributed by atoms with van der Waals surface area (Å²) in [7, 11) is 0. The van der Waals surface area contributed by atoms with Crippen LogP contribution in [0.15, 0.2) is 47.4 Å². The number of alkyl halides is 3. The van der Waals surface area contributed by atoms with Crippen LogP contribution in [0.2, 0.25) is 0 Å². The van der Waals surface area contributed by atoms with Crippen LogP contribution in [0, 0.1) is 11.3 Å². The number of rotatable bonds is 4. The van der Waals surface area contributed by atoms with E-state index in [1.807, 2.05) is 6.07 Å². The molecule has 0 saturated heterocycles. The minimum absolute atomic E-state index is 0.0100. The van der Waals surface area contributed by atoms with Crippen molar-refractivity contribution >= 4 is 0 Å². The Morgan fingerprint density at radius 1 is 1.23 bits per heavy atom. The molecule has 0 spiro atoms. The van der Waals surface area contributed by atoms with Crippen molar-refractivity contribution < 1.29 is 17.9 Å². The molecule has 0 amide bonds. The number of nitrogens with zero attached hydrogens (tertiary/aromatic N) is 2. The summed E-state index contributed by atoms with van der Waals surface area (Å²) in [6.45, 7) is -0.0182. The van der Waals surface area contributed by atoms with Crippen LogP contribution in [0.25, 0.3) is 0 Å². The van der Waals surface area contributed by atoms with Gasteiger partial charge >= 0.3 is 6.18 Å². The van der Waals surface area contributed by atoms with Gasteiger partial charge in [0.15, 0.2) is 0 Å². The zero-order valence-corrected chi connectivity index (χ0v) is 11.3. The maximum atomic E-state index is 12.6. The van der Waals surface area contributed by atoms with E-state index in [1.165, 1.54) is 18.3 Å². The highest BCUT2D eigenvalue weighted by Crippen LogP contribution is 2.25. The van der Waals surface area contributed by atoms with Crippen LogP contribution in [0.4, 0.5) is 13.2 Å². The highest BCUT2D eigenvalue weighted by atomic mass is 19.4. The van der Waals surface area contributed by atoms with E-state index >= 15 is 0 Å². The van der Waals surface area contributed by atoms with Crippen molar-refractivity contribution in [2.45, 2.75) is 12.7 Å².